The number of nitrogens with zero attached hydrogens (tertiary/aromatic N) is 5. The van der Waals surface area contributed by atoms with Crippen molar-refractivity contribution < 1.29 is 22.8 Å². The van der Waals surface area contributed by atoms with Gasteiger partial charge in [-0.15, -0.1) is 0 Å². The van der Waals surface area contributed by atoms with Gasteiger partial charge in [0.25, 0.3) is 11.5 Å². The minimum atomic E-state index is -4.56. The molecule has 2 aromatic heterocycles. The van der Waals surface area contributed by atoms with Crippen LogP contribution in [0.25, 0.3) is 0 Å². The Labute approximate surface area is 243 Å². The van der Waals surface area contributed by atoms with Gasteiger partial charge >= 0.3 is 12.2 Å². The maximum absolute atomic E-state index is 13.6. The van der Waals surface area contributed by atoms with Gasteiger partial charge in [0.15, 0.2) is 0 Å². The smallest absolute Gasteiger partial charge is 0.337 e. The molecule has 1 fully saturated rings. The van der Waals surface area contributed by atoms with Crippen molar-refractivity contribution in [2.75, 3.05) is 26.7 Å². The first-order valence-electron chi connectivity index (χ1n) is 12.9. The number of halogens is 5. The molecule has 14 heteroatoms. The Balaban J connectivity index is 1.38. The van der Waals surface area contributed by atoms with Gasteiger partial charge in [-0.3, -0.25) is 24.4 Å². The number of amides is 3. The predicted octanol–water partition coefficient (Wildman–Crippen LogP) is 4.54. The molecule has 0 bridgehead atoms. The van der Waals surface area contributed by atoms with Gasteiger partial charge < -0.3 is 14.7 Å². The number of likely N-dealkylation sites (tertiary alicyclic amines) is 1. The lowest BCUT2D eigenvalue weighted by Gasteiger charge is -2.44. The van der Waals surface area contributed by atoms with E-state index in [0.717, 1.165) is 17.7 Å². The number of H-pyrrole nitrogens is 1. The molecule has 0 spiro atoms. The number of benzene rings is 1. The number of hydrogen-bond acceptors (Lipinski definition) is 4. The Morgan fingerprint density at radius 1 is 1.10 bits per heavy atom. The first-order valence-corrected chi connectivity index (χ1v) is 13.7. The molecule has 1 N–H and O–H groups in total. The number of hydrogen-bond donors (Lipinski definition) is 1. The van der Waals surface area contributed by atoms with E-state index in [1.165, 1.54) is 9.58 Å². The summed E-state index contributed by atoms with van der Waals surface area (Å²) >= 11 is 12.5. The summed E-state index contributed by atoms with van der Waals surface area (Å²) in [6.07, 6.45) is -3.07. The molecule has 2 atom stereocenters. The fourth-order valence-electron chi connectivity index (χ4n) is 5.59. The molecular formula is C27H27Cl2F3N6O3. The van der Waals surface area contributed by atoms with Crippen molar-refractivity contribution in [3.8, 4) is 0 Å². The topological polar surface area (TPSA) is 94.5 Å². The van der Waals surface area contributed by atoms with Crippen molar-refractivity contribution in [2.24, 2.45) is 7.05 Å². The summed E-state index contributed by atoms with van der Waals surface area (Å²) in [6, 6.07) is 6.42. The van der Waals surface area contributed by atoms with Crippen LogP contribution in [0.5, 0.6) is 0 Å². The lowest BCUT2D eigenvalue weighted by atomic mass is 9.85. The van der Waals surface area contributed by atoms with E-state index in [2.05, 4.69) is 10.1 Å². The van der Waals surface area contributed by atoms with Gasteiger partial charge in [-0.25, -0.2) is 4.79 Å². The third-order valence-corrected chi connectivity index (χ3v) is 8.57. The summed E-state index contributed by atoms with van der Waals surface area (Å²) < 4.78 is 40.4. The summed E-state index contributed by atoms with van der Waals surface area (Å²) in [7, 11) is 3.21. The Hall–Kier alpha value is -3.51. The number of aryl methyl sites for hydroxylation is 1. The van der Waals surface area contributed by atoms with Gasteiger partial charge in [0.05, 0.1) is 27.8 Å². The van der Waals surface area contributed by atoms with Gasteiger partial charge in [-0.05, 0) is 42.7 Å². The van der Waals surface area contributed by atoms with Crippen LogP contribution >= 0.6 is 23.2 Å². The van der Waals surface area contributed by atoms with Crippen LogP contribution < -0.4 is 5.56 Å². The van der Waals surface area contributed by atoms with Crippen molar-refractivity contribution in [3.05, 3.63) is 85.0 Å². The molecule has 0 saturated carbocycles. The third kappa shape index (κ3) is 5.67. The average Bonchev–Trinajstić information content (AvgIpc) is 3.24. The zero-order chi connectivity index (χ0) is 29.6. The first-order chi connectivity index (χ1) is 19.3. The fraction of sp³-hybridized carbons (Fsp3) is 0.407. The number of carbonyl (C=O) groups is 2. The molecule has 9 nitrogen and oxygen atoms in total. The number of urea groups is 1. The number of likely N-dealkylation sites (N-methyl/N-ethyl adjacent to an activating group) is 1. The second-order valence-electron chi connectivity index (χ2n) is 10.3. The van der Waals surface area contributed by atoms with Crippen LogP contribution in [0.15, 0.2) is 41.3 Å². The highest BCUT2D eigenvalue weighted by Gasteiger charge is 2.39. The van der Waals surface area contributed by atoms with E-state index in [-0.39, 0.29) is 36.3 Å². The summed E-state index contributed by atoms with van der Waals surface area (Å²) in [5.41, 5.74) is 0.996. The Bertz CT molecular complexity index is 1540. The van der Waals surface area contributed by atoms with E-state index in [1.807, 2.05) is 0 Å². The van der Waals surface area contributed by atoms with Crippen molar-refractivity contribution in [1.82, 2.24) is 29.5 Å². The number of fused-ring (bicyclic) bond motifs is 1. The number of nitrogens with one attached hydrogen (secondary N) is 1. The van der Waals surface area contributed by atoms with E-state index in [4.69, 9.17) is 23.2 Å². The Morgan fingerprint density at radius 2 is 1.85 bits per heavy atom. The lowest BCUT2D eigenvalue weighted by Crippen LogP contribution is -2.55. The zero-order valence-corrected chi connectivity index (χ0v) is 23.7. The van der Waals surface area contributed by atoms with E-state index >= 15 is 0 Å². The molecule has 2 aliphatic heterocycles. The van der Waals surface area contributed by atoms with Gasteiger partial charge in [0.2, 0.25) is 0 Å². The fourth-order valence-corrected chi connectivity index (χ4v) is 5.89. The molecule has 4 heterocycles. The minimum absolute atomic E-state index is 0.0946. The zero-order valence-electron chi connectivity index (χ0n) is 22.2. The summed E-state index contributed by atoms with van der Waals surface area (Å²) in [5.74, 6) is -0.909. The predicted molar refractivity (Wildman–Crippen MR) is 146 cm³/mol. The minimum Gasteiger partial charge on any atom is -0.337 e. The number of alkyl halides is 3. The van der Waals surface area contributed by atoms with E-state index < -0.39 is 23.7 Å². The second kappa shape index (κ2) is 11.1. The van der Waals surface area contributed by atoms with Crippen LogP contribution in [0.4, 0.5) is 18.0 Å². The molecule has 3 amide bonds. The molecule has 3 aromatic rings. The van der Waals surface area contributed by atoms with Crippen LogP contribution in [-0.4, -0.2) is 74.1 Å². The standard InChI is InChI=1S/C27H27Cl2F3N6O3/c1-35(25(40)21-6-4-16(12-33-21)27(30,31)32)23-8-10-37(13-18(23)15-3-5-19(28)20(29)11-15)26(41)38-9-7-17-22(14-38)34-36(2)24(17)39/h3-6,11-12,18,23,34H,7-10,13-14H2,1-2H3/t18-,23+/m0/s1. The van der Waals surface area contributed by atoms with E-state index in [9.17, 15) is 27.6 Å². The normalized spacial score (nSPS) is 19.2. The molecule has 2 aliphatic rings. The summed E-state index contributed by atoms with van der Waals surface area (Å²) in [5, 5.41) is 3.69. The molecule has 1 saturated heterocycles. The molecular weight excluding hydrogens is 584 g/mol. The molecule has 0 unspecified atom stereocenters. The second-order valence-corrected chi connectivity index (χ2v) is 11.1. The number of piperidine rings is 1. The van der Waals surface area contributed by atoms with Crippen molar-refractivity contribution in [3.63, 3.8) is 0 Å². The molecule has 0 radical (unpaired) electrons. The van der Waals surface area contributed by atoms with Crippen LogP contribution in [0.1, 0.15) is 45.2 Å². The monoisotopic (exact) mass is 610 g/mol. The number of carbonyl (C=O) groups excluding carboxylic acids is 2. The summed E-state index contributed by atoms with van der Waals surface area (Å²) in [6.45, 7) is 1.27. The molecule has 5 rings (SSSR count). The largest absolute Gasteiger partial charge is 0.417 e. The van der Waals surface area contributed by atoms with Gasteiger partial charge in [0, 0.05) is 57.4 Å². The molecule has 1 aromatic carbocycles. The number of rotatable bonds is 3. The van der Waals surface area contributed by atoms with Gasteiger partial charge in [-0.1, -0.05) is 29.3 Å². The Morgan fingerprint density at radius 3 is 2.51 bits per heavy atom. The molecule has 41 heavy (non-hydrogen) atoms. The van der Waals surface area contributed by atoms with Gasteiger partial charge in [-0.2, -0.15) is 13.2 Å². The van der Waals surface area contributed by atoms with Gasteiger partial charge in [0.1, 0.15) is 5.69 Å². The Kier molecular flexibility index (Phi) is 7.82. The van der Waals surface area contributed by atoms with Crippen LogP contribution in [0, 0.1) is 0 Å². The van der Waals surface area contributed by atoms with Crippen LogP contribution in [-0.2, 0) is 26.2 Å². The van der Waals surface area contributed by atoms with Crippen molar-refractivity contribution in [1.29, 1.82) is 0 Å². The lowest BCUT2D eigenvalue weighted by molar-refractivity contribution is -0.137. The maximum Gasteiger partial charge on any atom is 0.417 e. The van der Waals surface area contributed by atoms with Crippen molar-refractivity contribution in [2.45, 2.75) is 37.5 Å². The SMILES string of the molecule is CN(C(=O)c1ccc(C(F)(F)F)cn1)[C@@H]1CCN(C(=O)N2CCc3c([nH]n(C)c3=O)C2)C[C@H]1c1ccc(Cl)c(Cl)c1. The number of aromatic nitrogens is 3. The highest BCUT2D eigenvalue weighted by molar-refractivity contribution is 6.42. The molecule has 0 aliphatic carbocycles. The highest BCUT2D eigenvalue weighted by atomic mass is 35.5. The maximum atomic E-state index is 13.6. The highest BCUT2D eigenvalue weighted by Crippen LogP contribution is 2.35. The average molecular weight is 611 g/mol. The third-order valence-electron chi connectivity index (χ3n) is 7.83. The first kappa shape index (κ1) is 29.0. The van der Waals surface area contributed by atoms with Crippen molar-refractivity contribution >= 4 is 35.1 Å². The quantitative estimate of drug-likeness (QED) is 0.471. The number of aromatic amines is 1. The number of pyridine rings is 1. The van der Waals surface area contributed by atoms with Crippen LogP contribution in [0.2, 0.25) is 10.0 Å². The van der Waals surface area contributed by atoms with Crippen LogP contribution in [0.3, 0.4) is 0 Å². The summed E-state index contributed by atoms with van der Waals surface area (Å²) in [4.78, 5) is 47.9. The van der Waals surface area contributed by atoms with E-state index in [1.54, 1.807) is 42.1 Å². The molecule has 218 valence electrons. The van der Waals surface area contributed by atoms with E-state index in [0.29, 0.717) is 53.4 Å².